The van der Waals surface area contributed by atoms with Crippen LogP contribution in [0, 0.1) is 11.8 Å². The van der Waals surface area contributed by atoms with Crippen molar-refractivity contribution in [3.05, 3.63) is 0 Å². The summed E-state index contributed by atoms with van der Waals surface area (Å²) in [6.07, 6.45) is 1.08. The third kappa shape index (κ3) is 0.764. The monoisotopic (exact) mass is 147 g/mol. The molecular weight excluding hydrogens is 136 g/mol. The van der Waals surface area contributed by atoms with Gasteiger partial charge in [-0.25, -0.2) is 8.78 Å². The lowest BCUT2D eigenvalue weighted by Gasteiger charge is -2.47. The molecule has 58 valence electrons. The molecule has 3 heteroatoms. The van der Waals surface area contributed by atoms with Crippen LogP contribution in [0.15, 0.2) is 0 Å². The maximum Gasteiger partial charge on any atom is 0.252 e. The normalized spacial score (nSPS) is 43.8. The van der Waals surface area contributed by atoms with Gasteiger partial charge in [-0.3, -0.25) is 0 Å². The summed E-state index contributed by atoms with van der Waals surface area (Å²) in [6.45, 7) is 1.45. The van der Waals surface area contributed by atoms with Gasteiger partial charge in [0.25, 0.3) is 5.92 Å². The summed E-state index contributed by atoms with van der Waals surface area (Å²) >= 11 is 0. The van der Waals surface area contributed by atoms with Crippen molar-refractivity contribution in [1.29, 1.82) is 0 Å². The van der Waals surface area contributed by atoms with E-state index in [4.69, 9.17) is 0 Å². The Kier molecular flexibility index (Phi) is 1.24. The quantitative estimate of drug-likeness (QED) is 0.543. The number of rotatable bonds is 0. The molecule has 2 aliphatic rings. The topological polar surface area (TPSA) is 12.0 Å². The van der Waals surface area contributed by atoms with Crippen LogP contribution in [0.4, 0.5) is 8.78 Å². The van der Waals surface area contributed by atoms with E-state index in [0.29, 0.717) is 12.5 Å². The van der Waals surface area contributed by atoms with E-state index in [1.165, 1.54) is 0 Å². The summed E-state index contributed by atoms with van der Waals surface area (Å²) in [5, 5.41) is 2.99. The molecular formula is C7H11F2N. The summed E-state index contributed by atoms with van der Waals surface area (Å²) in [6, 6.07) is 0. The standard InChI is InChI=1S/C7H11F2N/c8-7(9)3-5-1-2-10-4-6(5)7/h5-6,10H,1-4H2. The van der Waals surface area contributed by atoms with Gasteiger partial charge >= 0.3 is 0 Å². The second-order valence-corrected chi connectivity index (χ2v) is 3.32. The molecule has 0 amide bonds. The fourth-order valence-corrected chi connectivity index (χ4v) is 1.99. The smallest absolute Gasteiger partial charge is 0.252 e. The second-order valence-electron chi connectivity index (χ2n) is 3.32. The fourth-order valence-electron chi connectivity index (χ4n) is 1.99. The molecule has 1 aliphatic carbocycles. The molecule has 1 nitrogen and oxygen atoms in total. The highest BCUT2D eigenvalue weighted by Gasteiger charge is 2.55. The van der Waals surface area contributed by atoms with Crippen LogP contribution in [-0.2, 0) is 0 Å². The molecule has 2 rings (SSSR count). The van der Waals surface area contributed by atoms with Gasteiger partial charge in [0.15, 0.2) is 0 Å². The molecule has 10 heavy (non-hydrogen) atoms. The zero-order valence-electron chi connectivity index (χ0n) is 5.74. The van der Waals surface area contributed by atoms with E-state index in [9.17, 15) is 8.78 Å². The first-order valence-electron chi connectivity index (χ1n) is 3.79. The molecule has 2 unspecified atom stereocenters. The first-order chi connectivity index (χ1) is 4.70. The van der Waals surface area contributed by atoms with Gasteiger partial charge < -0.3 is 5.32 Å². The third-order valence-electron chi connectivity index (χ3n) is 2.70. The van der Waals surface area contributed by atoms with E-state index in [2.05, 4.69) is 5.32 Å². The van der Waals surface area contributed by atoms with E-state index in [1.54, 1.807) is 0 Å². The molecule has 1 heterocycles. The molecule has 1 N–H and O–H groups in total. The van der Waals surface area contributed by atoms with Crippen molar-refractivity contribution in [2.45, 2.75) is 18.8 Å². The zero-order valence-corrected chi connectivity index (χ0v) is 5.74. The van der Waals surface area contributed by atoms with E-state index in [0.717, 1.165) is 13.0 Å². The molecule has 1 aliphatic heterocycles. The van der Waals surface area contributed by atoms with E-state index >= 15 is 0 Å². The van der Waals surface area contributed by atoms with Gasteiger partial charge in [-0.2, -0.15) is 0 Å². The number of hydrogen-bond donors (Lipinski definition) is 1. The number of halogens is 2. The van der Waals surface area contributed by atoms with Gasteiger partial charge in [0, 0.05) is 18.9 Å². The minimum absolute atomic E-state index is 0.138. The van der Waals surface area contributed by atoms with Gasteiger partial charge in [-0.05, 0) is 18.9 Å². The molecule has 0 spiro atoms. The Morgan fingerprint density at radius 3 is 2.70 bits per heavy atom. The molecule has 1 saturated carbocycles. The summed E-state index contributed by atoms with van der Waals surface area (Å²) in [4.78, 5) is 0. The van der Waals surface area contributed by atoms with Crippen LogP contribution < -0.4 is 5.32 Å². The van der Waals surface area contributed by atoms with Crippen molar-refractivity contribution in [3.63, 3.8) is 0 Å². The Morgan fingerprint density at radius 1 is 1.40 bits per heavy atom. The van der Waals surface area contributed by atoms with Crippen molar-refractivity contribution in [2.24, 2.45) is 11.8 Å². The van der Waals surface area contributed by atoms with Crippen molar-refractivity contribution in [1.82, 2.24) is 5.32 Å². The summed E-state index contributed by atoms with van der Waals surface area (Å²) < 4.78 is 25.3. The Bertz CT molecular complexity index is 147. The number of hydrogen-bond acceptors (Lipinski definition) is 1. The molecule has 0 aromatic rings. The average Bonchev–Trinajstić information content (AvgIpc) is 1.86. The molecule has 2 fully saturated rings. The molecule has 0 aromatic heterocycles. The lowest BCUT2D eigenvalue weighted by Crippen LogP contribution is -2.55. The van der Waals surface area contributed by atoms with Gasteiger partial charge in [-0.1, -0.05) is 0 Å². The Balaban J connectivity index is 2.01. The zero-order chi connectivity index (χ0) is 7.19. The van der Waals surface area contributed by atoms with Crippen LogP contribution in [0.1, 0.15) is 12.8 Å². The second kappa shape index (κ2) is 1.91. The van der Waals surface area contributed by atoms with Crippen LogP contribution in [0.2, 0.25) is 0 Å². The summed E-state index contributed by atoms with van der Waals surface area (Å²) in [5.74, 6) is -2.38. The van der Waals surface area contributed by atoms with Crippen LogP contribution in [0.25, 0.3) is 0 Å². The van der Waals surface area contributed by atoms with E-state index < -0.39 is 5.92 Å². The van der Waals surface area contributed by atoms with Crippen LogP contribution >= 0.6 is 0 Å². The molecule has 1 saturated heterocycles. The predicted molar refractivity (Wildman–Crippen MR) is 34.0 cm³/mol. The SMILES string of the molecule is FC1(F)CC2CCNCC21. The molecule has 0 radical (unpaired) electrons. The first kappa shape index (κ1) is 6.53. The average molecular weight is 147 g/mol. The summed E-state index contributed by atoms with van der Waals surface area (Å²) in [7, 11) is 0. The maximum atomic E-state index is 12.6. The third-order valence-corrected chi connectivity index (χ3v) is 2.70. The molecule has 0 aromatic carbocycles. The molecule has 0 bridgehead atoms. The van der Waals surface area contributed by atoms with Crippen molar-refractivity contribution >= 4 is 0 Å². The Labute approximate surface area is 58.8 Å². The van der Waals surface area contributed by atoms with Crippen molar-refractivity contribution in [2.75, 3.05) is 13.1 Å². The largest absolute Gasteiger partial charge is 0.316 e. The van der Waals surface area contributed by atoms with Gasteiger partial charge in [0.05, 0.1) is 0 Å². The van der Waals surface area contributed by atoms with Gasteiger partial charge in [0.2, 0.25) is 0 Å². The highest BCUT2D eigenvalue weighted by molar-refractivity contribution is 4.98. The van der Waals surface area contributed by atoms with Gasteiger partial charge in [-0.15, -0.1) is 0 Å². The minimum atomic E-state index is -2.35. The number of nitrogens with one attached hydrogen (secondary N) is 1. The van der Waals surface area contributed by atoms with Crippen molar-refractivity contribution in [3.8, 4) is 0 Å². The highest BCUT2D eigenvalue weighted by Crippen LogP contribution is 2.50. The Morgan fingerprint density at radius 2 is 2.20 bits per heavy atom. The predicted octanol–water partition coefficient (Wildman–Crippen LogP) is 1.25. The number of piperidine rings is 1. The lowest BCUT2D eigenvalue weighted by molar-refractivity contribution is -0.180. The van der Waals surface area contributed by atoms with Crippen molar-refractivity contribution < 1.29 is 8.78 Å². The van der Waals surface area contributed by atoms with Crippen LogP contribution in [0.5, 0.6) is 0 Å². The minimum Gasteiger partial charge on any atom is -0.316 e. The number of fused-ring (bicyclic) bond motifs is 1. The number of alkyl halides is 2. The Hall–Kier alpha value is -0.180. The van der Waals surface area contributed by atoms with Gasteiger partial charge in [0.1, 0.15) is 0 Å². The van der Waals surface area contributed by atoms with Crippen LogP contribution in [0.3, 0.4) is 0 Å². The van der Waals surface area contributed by atoms with Crippen LogP contribution in [-0.4, -0.2) is 19.0 Å². The molecule has 2 atom stereocenters. The lowest BCUT2D eigenvalue weighted by atomic mass is 9.67. The van der Waals surface area contributed by atoms with E-state index in [-0.39, 0.29) is 12.3 Å². The fraction of sp³-hybridized carbons (Fsp3) is 1.00. The summed E-state index contributed by atoms with van der Waals surface area (Å²) in [5.41, 5.74) is 0. The highest BCUT2D eigenvalue weighted by atomic mass is 19.3. The maximum absolute atomic E-state index is 12.6. The first-order valence-corrected chi connectivity index (χ1v) is 3.79. The van der Waals surface area contributed by atoms with E-state index in [1.807, 2.05) is 0 Å².